The molecule has 0 spiro atoms. The van der Waals surface area contributed by atoms with Gasteiger partial charge in [-0.2, -0.15) is 4.98 Å². The van der Waals surface area contributed by atoms with E-state index in [9.17, 15) is 15.3 Å². The Morgan fingerprint density at radius 2 is 1.90 bits per heavy atom. The largest absolute Gasteiger partial charge is 0.436 e. The fourth-order valence-corrected chi connectivity index (χ4v) is 4.17. The normalized spacial score (nSPS) is 25.8. The molecule has 2 aliphatic carbocycles. The molecule has 2 heterocycles. The lowest BCUT2D eigenvalue weighted by Gasteiger charge is -2.21. The number of hydrogen-bond acceptors (Lipinski definition) is 9. The van der Waals surface area contributed by atoms with E-state index in [0.29, 0.717) is 46.8 Å². The number of anilines is 2. The maximum Gasteiger partial charge on any atom is 0.232 e. The zero-order chi connectivity index (χ0) is 21.5. The lowest BCUT2D eigenvalue weighted by atomic mass is 10.1. The van der Waals surface area contributed by atoms with Crippen LogP contribution in [0.2, 0.25) is 0 Å². The molecule has 4 atom stereocenters. The van der Waals surface area contributed by atoms with E-state index in [-0.39, 0.29) is 6.61 Å². The first-order valence-corrected chi connectivity index (χ1v) is 10.8. The van der Waals surface area contributed by atoms with E-state index in [1.54, 1.807) is 0 Å². The van der Waals surface area contributed by atoms with Crippen LogP contribution in [0.15, 0.2) is 28.7 Å². The van der Waals surface area contributed by atoms with Gasteiger partial charge >= 0.3 is 0 Å². The summed E-state index contributed by atoms with van der Waals surface area (Å²) >= 11 is 0. The molecule has 0 amide bonds. The van der Waals surface area contributed by atoms with Crippen molar-refractivity contribution in [1.82, 2.24) is 15.0 Å². The van der Waals surface area contributed by atoms with Crippen molar-refractivity contribution in [1.29, 1.82) is 0 Å². The van der Waals surface area contributed by atoms with Gasteiger partial charge in [-0.05, 0) is 44.2 Å². The highest BCUT2D eigenvalue weighted by Gasteiger charge is 2.41. The molecular weight excluding hydrogens is 398 g/mol. The van der Waals surface area contributed by atoms with Gasteiger partial charge in [0.05, 0.1) is 17.8 Å². The van der Waals surface area contributed by atoms with Crippen LogP contribution in [0.3, 0.4) is 0 Å². The second-order valence-corrected chi connectivity index (χ2v) is 8.58. The summed E-state index contributed by atoms with van der Waals surface area (Å²) in [6.07, 6.45) is 0.830. The van der Waals surface area contributed by atoms with Crippen LogP contribution in [0.1, 0.15) is 25.0 Å². The van der Waals surface area contributed by atoms with Crippen molar-refractivity contribution in [2.75, 3.05) is 23.8 Å². The molecule has 2 aromatic heterocycles. The first-order chi connectivity index (χ1) is 15.0. The molecule has 5 N–H and O–H groups in total. The third-order valence-corrected chi connectivity index (χ3v) is 6.20. The number of rotatable bonds is 7. The van der Waals surface area contributed by atoms with Gasteiger partial charge in [0.15, 0.2) is 5.58 Å². The predicted octanol–water partition coefficient (Wildman–Crippen LogP) is 1.93. The number of hydrogen-bond donors (Lipinski definition) is 5. The average Bonchev–Trinajstić information content (AvgIpc) is 3.44. The first-order valence-electron chi connectivity index (χ1n) is 10.8. The number of aliphatic hydroxyl groups is 3. The molecule has 2 saturated carbocycles. The van der Waals surface area contributed by atoms with Crippen molar-refractivity contribution in [3.63, 3.8) is 0 Å². The van der Waals surface area contributed by atoms with Crippen LogP contribution < -0.4 is 10.6 Å². The number of fused-ring (bicyclic) bond motifs is 1. The fraction of sp³-hybridized carbons (Fsp3) is 0.500. The molecule has 2 aliphatic rings. The first kappa shape index (κ1) is 20.2. The Kier molecular flexibility index (Phi) is 5.25. The molecule has 3 aromatic rings. The molecule has 5 rings (SSSR count). The minimum Gasteiger partial charge on any atom is -0.436 e. The number of aryl methyl sites for hydroxylation is 1. The minimum absolute atomic E-state index is 0.189. The number of benzene rings is 1. The van der Waals surface area contributed by atoms with Crippen LogP contribution in [-0.2, 0) is 0 Å². The molecule has 0 unspecified atom stereocenters. The Labute approximate surface area is 179 Å². The van der Waals surface area contributed by atoms with Crippen molar-refractivity contribution in [2.24, 2.45) is 11.8 Å². The minimum atomic E-state index is -1.02. The zero-order valence-electron chi connectivity index (χ0n) is 17.3. The van der Waals surface area contributed by atoms with Crippen LogP contribution in [0.25, 0.3) is 22.6 Å². The zero-order valence-corrected chi connectivity index (χ0v) is 17.3. The summed E-state index contributed by atoms with van der Waals surface area (Å²) in [6.45, 7) is 2.50. The lowest BCUT2D eigenvalue weighted by molar-refractivity contribution is 0.00446. The van der Waals surface area contributed by atoms with E-state index in [1.165, 1.54) is 12.8 Å². The summed E-state index contributed by atoms with van der Waals surface area (Å²) in [5.74, 6) is 1.64. The third kappa shape index (κ3) is 3.96. The molecule has 1 aromatic carbocycles. The van der Waals surface area contributed by atoms with E-state index >= 15 is 0 Å². The van der Waals surface area contributed by atoms with Crippen molar-refractivity contribution in [2.45, 2.75) is 44.4 Å². The number of nitrogens with zero attached hydrogens (tertiary/aromatic N) is 3. The molecule has 31 heavy (non-hydrogen) atoms. The van der Waals surface area contributed by atoms with Gasteiger partial charge in [0.2, 0.25) is 11.8 Å². The summed E-state index contributed by atoms with van der Waals surface area (Å²) in [6, 6.07) is 7.04. The van der Waals surface area contributed by atoms with E-state index in [1.807, 2.05) is 31.2 Å². The predicted molar refractivity (Wildman–Crippen MR) is 116 cm³/mol. The van der Waals surface area contributed by atoms with E-state index in [0.717, 1.165) is 12.1 Å². The van der Waals surface area contributed by atoms with Gasteiger partial charge in [0.25, 0.3) is 0 Å². The summed E-state index contributed by atoms with van der Waals surface area (Å²) in [7, 11) is 0. The van der Waals surface area contributed by atoms with Crippen LogP contribution in [-0.4, -0.2) is 61.7 Å². The fourth-order valence-electron chi connectivity index (χ4n) is 4.17. The number of nitrogens with one attached hydrogen (secondary N) is 2. The number of para-hydroxylation sites is 2. The average molecular weight is 425 g/mol. The Bertz CT molecular complexity index is 1050. The van der Waals surface area contributed by atoms with Gasteiger partial charge in [-0.3, -0.25) is 0 Å². The van der Waals surface area contributed by atoms with Gasteiger partial charge < -0.3 is 30.4 Å². The van der Waals surface area contributed by atoms with Gasteiger partial charge in [-0.15, -0.1) is 0 Å². The number of oxazole rings is 1. The van der Waals surface area contributed by atoms with Gasteiger partial charge in [-0.25, -0.2) is 9.97 Å². The third-order valence-electron chi connectivity index (χ3n) is 6.20. The molecule has 9 nitrogen and oxygen atoms in total. The van der Waals surface area contributed by atoms with Crippen molar-refractivity contribution < 1.29 is 19.7 Å². The molecule has 0 radical (unpaired) electrons. The number of aliphatic hydroxyl groups excluding tert-OH is 3. The number of aromatic nitrogens is 3. The highest BCUT2D eigenvalue weighted by atomic mass is 16.3. The molecule has 9 heteroatoms. The quantitative estimate of drug-likeness (QED) is 0.384. The van der Waals surface area contributed by atoms with E-state index in [4.69, 9.17) is 4.42 Å². The van der Waals surface area contributed by atoms with E-state index in [2.05, 4.69) is 25.6 Å². The van der Waals surface area contributed by atoms with Crippen molar-refractivity contribution >= 4 is 22.9 Å². The van der Waals surface area contributed by atoms with Gasteiger partial charge in [0.1, 0.15) is 23.0 Å². The Balaban J connectivity index is 1.52. The molecule has 0 saturated heterocycles. The summed E-state index contributed by atoms with van der Waals surface area (Å²) in [5, 5.41) is 36.8. The van der Waals surface area contributed by atoms with E-state index < -0.39 is 24.2 Å². The van der Waals surface area contributed by atoms with Crippen molar-refractivity contribution in [3.8, 4) is 11.5 Å². The summed E-state index contributed by atoms with van der Waals surface area (Å²) < 4.78 is 5.97. The Morgan fingerprint density at radius 1 is 1.10 bits per heavy atom. The van der Waals surface area contributed by atoms with Crippen LogP contribution >= 0.6 is 0 Å². The maximum atomic E-state index is 10.5. The SMILES string of the molecule is Cc1nc(NCC2CC2)nc(N[C@@H]2C[C@H](CO)[C@@H](O)[C@H]2O)c1-c1nc2ccccc2o1. The van der Waals surface area contributed by atoms with Crippen LogP contribution in [0, 0.1) is 18.8 Å². The molecular formula is C22H27N5O4. The second-order valence-electron chi connectivity index (χ2n) is 8.58. The van der Waals surface area contributed by atoms with Crippen LogP contribution in [0.4, 0.5) is 11.8 Å². The van der Waals surface area contributed by atoms with Gasteiger partial charge in [0, 0.05) is 19.1 Å². The Morgan fingerprint density at radius 3 is 2.61 bits per heavy atom. The standard InChI is InChI=1S/C22H27N5O4/c1-11-17(21-26-14-4-2-3-5-16(14)31-21)20(27-22(24-11)23-9-12-6-7-12)25-15-8-13(10-28)18(29)19(15)30/h2-5,12-13,15,18-19,28-30H,6-10H2,1H3,(H2,23,24,25,27)/t13-,15-,18-,19+/m1/s1. The second kappa shape index (κ2) is 8.07. The molecule has 0 aliphatic heterocycles. The smallest absolute Gasteiger partial charge is 0.232 e. The highest BCUT2D eigenvalue weighted by molar-refractivity contribution is 5.80. The van der Waals surface area contributed by atoms with Crippen LogP contribution in [0.5, 0.6) is 0 Å². The monoisotopic (exact) mass is 425 g/mol. The maximum absolute atomic E-state index is 10.5. The van der Waals surface area contributed by atoms with Gasteiger partial charge in [-0.1, -0.05) is 12.1 Å². The Hall–Kier alpha value is -2.75. The highest BCUT2D eigenvalue weighted by Crippen LogP contribution is 2.36. The van der Waals surface area contributed by atoms with Crippen molar-refractivity contribution in [3.05, 3.63) is 30.0 Å². The summed E-state index contributed by atoms with van der Waals surface area (Å²) in [5.41, 5.74) is 2.70. The lowest BCUT2D eigenvalue weighted by Crippen LogP contribution is -2.35. The molecule has 0 bridgehead atoms. The molecule has 2 fully saturated rings. The topological polar surface area (TPSA) is 137 Å². The summed E-state index contributed by atoms with van der Waals surface area (Å²) in [4.78, 5) is 13.9. The molecule has 164 valence electrons.